The van der Waals surface area contributed by atoms with Gasteiger partial charge in [0.25, 0.3) is 0 Å². The topological polar surface area (TPSA) is 95.9 Å². The lowest BCUT2D eigenvalue weighted by atomic mass is 10.0. The monoisotopic (exact) mass is 918 g/mol. The first-order chi connectivity index (χ1) is 32.5. The molecule has 0 saturated carbocycles. The minimum absolute atomic E-state index is 0.0251. The Balaban J connectivity index is 4.67. The van der Waals surface area contributed by atoms with Crippen LogP contribution in [0.1, 0.15) is 245 Å². The third-order valence-electron chi connectivity index (χ3n) is 12.0. The summed E-state index contributed by atoms with van der Waals surface area (Å²) in [6.45, 7) is 6.23. The molecule has 3 atom stereocenters. The molecule has 0 aliphatic carbocycles. The lowest BCUT2D eigenvalue weighted by molar-refractivity contribution is -0.151. The van der Waals surface area contributed by atoms with Crippen LogP contribution >= 0.6 is 0 Å². The predicted molar refractivity (Wildman–Crippen MR) is 287 cm³/mol. The van der Waals surface area contributed by atoms with Crippen molar-refractivity contribution in [2.75, 3.05) is 6.61 Å². The SMILES string of the molecule is CC/C=C\C/C=C\C/C=C\C/C=C\C/C=C\CCCC(CC(=O)NC(CO)C(O)CCCCCCCCCCCCCCCCCCC)OC(=O)CCCCCCC\C=C/C=C/C=C/CC. The van der Waals surface area contributed by atoms with Crippen molar-refractivity contribution in [3.05, 3.63) is 97.2 Å². The Labute approximate surface area is 407 Å². The van der Waals surface area contributed by atoms with Gasteiger partial charge in [-0.2, -0.15) is 0 Å². The standard InChI is InChI=1S/C60H103NO5/c1-4-7-10-13-16-19-22-25-27-29-31-34-36-39-42-45-48-51-56(66-60(65)53-50-47-44-41-38-33-24-21-18-15-12-9-6-3)54-59(64)61-57(55-62)58(63)52-49-46-43-40-37-35-32-30-28-26-23-20-17-14-11-8-5-2/h7,9-10,12,15-16,18-19,21,24-25,27,31,34,39,42,56-58,62-63H,4-6,8,11,13-14,17,20,22-23,26,28-30,32-33,35-38,40-41,43-55H2,1-3H3,(H,61,64)/b10-7-,12-9+,18-15+,19-16-,24-21-,27-25-,34-31-,42-39-. The largest absolute Gasteiger partial charge is 0.462 e. The van der Waals surface area contributed by atoms with Gasteiger partial charge in [-0.3, -0.25) is 9.59 Å². The lowest BCUT2D eigenvalue weighted by Crippen LogP contribution is -2.46. The summed E-state index contributed by atoms with van der Waals surface area (Å²) in [6.07, 6.45) is 70.5. The molecule has 3 N–H and O–H groups in total. The molecule has 0 aromatic carbocycles. The van der Waals surface area contributed by atoms with Crippen molar-refractivity contribution in [2.24, 2.45) is 0 Å². The van der Waals surface area contributed by atoms with Crippen LogP contribution in [-0.2, 0) is 14.3 Å². The number of hydrogen-bond donors (Lipinski definition) is 3. The van der Waals surface area contributed by atoms with Crippen molar-refractivity contribution < 1.29 is 24.5 Å². The van der Waals surface area contributed by atoms with Gasteiger partial charge in [0.1, 0.15) is 6.10 Å². The van der Waals surface area contributed by atoms with Gasteiger partial charge in [0.05, 0.1) is 25.2 Å². The Morgan fingerprint density at radius 3 is 1.42 bits per heavy atom. The third-order valence-corrected chi connectivity index (χ3v) is 12.0. The first kappa shape index (κ1) is 62.8. The minimum Gasteiger partial charge on any atom is -0.462 e. The van der Waals surface area contributed by atoms with E-state index >= 15 is 0 Å². The normalized spacial score (nSPS) is 14.0. The molecule has 1 amide bonds. The third kappa shape index (κ3) is 47.3. The smallest absolute Gasteiger partial charge is 0.306 e. The highest BCUT2D eigenvalue weighted by molar-refractivity contribution is 5.77. The average Bonchev–Trinajstić information content (AvgIpc) is 3.31. The highest BCUT2D eigenvalue weighted by atomic mass is 16.5. The van der Waals surface area contributed by atoms with Gasteiger partial charge in [-0.05, 0) is 83.5 Å². The van der Waals surface area contributed by atoms with Crippen LogP contribution in [0.3, 0.4) is 0 Å². The van der Waals surface area contributed by atoms with Crippen molar-refractivity contribution in [3.8, 4) is 0 Å². The van der Waals surface area contributed by atoms with E-state index in [0.29, 0.717) is 19.3 Å². The van der Waals surface area contributed by atoms with Gasteiger partial charge in [0.15, 0.2) is 0 Å². The molecule has 6 heteroatoms. The molecule has 0 aliphatic heterocycles. The summed E-state index contributed by atoms with van der Waals surface area (Å²) in [6, 6.07) is -0.730. The maximum absolute atomic E-state index is 13.2. The molecule has 0 spiro atoms. The number of ether oxygens (including phenoxy) is 1. The maximum Gasteiger partial charge on any atom is 0.306 e. The summed E-state index contributed by atoms with van der Waals surface area (Å²) < 4.78 is 5.91. The predicted octanol–water partition coefficient (Wildman–Crippen LogP) is 16.9. The van der Waals surface area contributed by atoms with Gasteiger partial charge in [0.2, 0.25) is 5.91 Å². The number of carbonyl (C=O) groups is 2. The Kier molecular flexibility index (Phi) is 50.2. The average molecular weight is 918 g/mol. The van der Waals surface area contributed by atoms with E-state index in [4.69, 9.17) is 4.74 Å². The lowest BCUT2D eigenvalue weighted by Gasteiger charge is -2.24. The fourth-order valence-corrected chi connectivity index (χ4v) is 7.87. The Bertz CT molecular complexity index is 1310. The fraction of sp³-hybridized carbons (Fsp3) is 0.700. The van der Waals surface area contributed by atoms with Crippen molar-refractivity contribution in [1.82, 2.24) is 5.32 Å². The fourth-order valence-electron chi connectivity index (χ4n) is 7.87. The molecule has 0 aromatic rings. The molecule has 0 aromatic heterocycles. The molecule has 0 radical (unpaired) electrons. The van der Waals surface area contributed by atoms with Crippen molar-refractivity contribution >= 4 is 11.9 Å². The van der Waals surface area contributed by atoms with Crippen LogP contribution in [0.5, 0.6) is 0 Å². The molecule has 0 saturated heterocycles. The first-order valence-electron chi connectivity index (χ1n) is 27.5. The zero-order valence-electron chi connectivity index (χ0n) is 43.0. The van der Waals surface area contributed by atoms with Crippen LogP contribution in [0.2, 0.25) is 0 Å². The van der Waals surface area contributed by atoms with Gasteiger partial charge in [-0.15, -0.1) is 0 Å². The highest BCUT2D eigenvalue weighted by Gasteiger charge is 2.24. The first-order valence-corrected chi connectivity index (χ1v) is 27.5. The van der Waals surface area contributed by atoms with E-state index < -0.39 is 18.2 Å². The zero-order valence-corrected chi connectivity index (χ0v) is 43.0. The number of hydrogen-bond acceptors (Lipinski definition) is 5. The molecule has 0 heterocycles. The minimum atomic E-state index is -0.813. The van der Waals surface area contributed by atoms with Crippen molar-refractivity contribution in [3.63, 3.8) is 0 Å². The summed E-state index contributed by atoms with van der Waals surface area (Å²) in [5.41, 5.74) is 0. The summed E-state index contributed by atoms with van der Waals surface area (Å²) >= 11 is 0. The molecular formula is C60H103NO5. The number of rotatable bonds is 48. The molecule has 0 aliphatic rings. The van der Waals surface area contributed by atoms with Crippen LogP contribution < -0.4 is 5.32 Å². The number of carbonyl (C=O) groups excluding carboxylic acids is 2. The van der Waals surface area contributed by atoms with Gasteiger partial charge in [0, 0.05) is 6.42 Å². The van der Waals surface area contributed by atoms with Crippen LogP contribution in [0.25, 0.3) is 0 Å². The Morgan fingerprint density at radius 1 is 0.470 bits per heavy atom. The Morgan fingerprint density at radius 2 is 0.909 bits per heavy atom. The van der Waals surface area contributed by atoms with E-state index in [1.165, 1.54) is 89.9 Å². The molecule has 66 heavy (non-hydrogen) atoms. The van der Waals surface area contributed by atoms with Crippen LogP contribution in [0.4, 0.5) is 0 Å². The second kappa shape index (κ2) is 52.7. The van der Waals surface area contributed by atoms with E-state index in [9.17, 15) is 19.8 Å². The van der Waals surface area contributed by atoms with Gasteiger partial charge >= 0.3 is 5.97 Å². The quantitative estimate of drug-likeness (QED) is 0.0245. The Hall–Kier alpha value is -3.22. The number of unbranched alkanes of at least 4 members (excludes halogenated alkanes) is 22. The molecule has 6 nitrogen and oxygen atoms in total. The summed E-state index contributed by atoms with van der Waals surface area (Å²) in [5, 5.41) is 23.8. The highest BCUT2D eigenvalue weighted by Crippen LogP contribution is 2.17. The van der Waals surface area contributed by atoms with Gasteiger partial charge in [-0.1, -0.05) is 246 Å². The summed E-state index contributed by atoms with van der Waals surface area (Å²) in [4.78, 5) is 26.2. The summed E-state index contributed by atoms with van der Waals surface area (Å²) in [7, 11) is 0. The second-order valence-corrected chi connectivity index (χ2v) is 18.3. The van der Waals surface area contributed by atoms with E-state index in [0.717, 1.165) is 109 Å². The van der Waals surface area contributed by atoms with Crippen molar-refractivity contribution in [1.29, 1.82) is 0 Å². The number of aliphatic hydroxyl groups excluding tert-OH is 2. The van der Waals surface area contributed by atoms with E-state index in [2.05, 4.69) is 123 Å². The number of aliphatic hydroxyl groups is 2. The van der Waals surface area contributed by atoms with E-state index in [1.807, 2.05) is 0 Å². The van der Waals surface area contributed by atoms with E-state index in [1.54, 1.807) is 0 Å². The molecule has 378 valence electrons. The zero-order chi connectivity index (χ0) is 48.1. The van der Waals surface area contributed by atoms with Gasteiger partial charge in [-0.25, -0.2) is 0 Å². The number of amides is 1. The van der Waals surface area contributed by atoms with Crippen molar-refractivity contribution in [2.45, 2.75) is 264 Å². The van der Waals surface area contributed by atoms with Crippen LogP contribution in [-0.4, -0.2) is 46.9 Å². The molecule has 3 unspecified atom stereocenters. The molecule has 0 rings (SSSR count). The maximum atomic E-state index is 13.2. The number of allylic oxidation sites excluding steroid dienone is 16. The second-order valence-electron chi connectivity index (χ2n) is 18.3. The van der Waals surface area contributed by atoms with Crippen LogP contribution in [0, 0.1) is 0 Å². The van der Waals surface area contributed by atoms with Gasteiger partial charge < -0.3 is 20.3 Å². The van der Waals surface area contributed by atoms with E-state index in [-0.39, 0.29) is 24.9 Å². The number of esters is 1. The summed E-state index contributed by atoms with van der Waals surface area (Å²) in [5.74, 6) is -0.558. The number of nitrogens with one attached hydrogen (secondary N) is 1. The van der Waals surface area contributed by atoms with Crippen LogP contribution in [0.15, 0.2) is 97.2 Å². The molecule has 0 bridgehead atoms. The molecule has 0 fully saturated rings. The molecular weight excluding hydrogens is 815 g/mol.